The van der Waals surface area contributed by atoms with Crippen LogP contribution in [0.2, 0.25) is 0 Å². The van der Waals surface area contributed by atoms with E-state index in [2.05, 4.69) is 19.9 Å². The second-order valence-corrected chi connectivity index (χ2v) is 6.95. The predicted octanol–water partition coefficient (Wildman–Crippen LogP) is 2.04. The number of piperazine rings is 1. The molecule has 0 radical (unpaired) electrons. The lowest BCUT2D eigenvalue weighted by molar-refractivity contribution is 0.0468. The predicted molar refractivity (Wildman–Crippen MR) is 97.0 cm³/mol. The van der Waals surface area contributed by atoms with Gasteiger partial charge in [0, 0.05) is 44.9 Å². The fourth-order valence-corrected chi connectivity index (χ4v) is 3.57. The molecule has 2 aliphatic heterocycles. The van der Waals surface area contributed by atoms with Gasteiger partial charge in [-0.25, -0.2) is 0 Å². The number of methoxy groups -OCH3 is 1. The monoisotopic (exact) mass is 358 g/mol. The first kappa shape index (κ1) is 17.5. The van der Waals surface area contributed by atoms with Crippen molar-refractivity contribution in [3.8, 4) is 17.1 Å². The van der Waals surface area contributed by atoms with Crippen molar-refractivity contribution in [1.82, 2.24) is 19.9 Å². The van der Waals surface area contributed by atoms with E-state index in [9.17, 15) is 0 Å². The van der Waals surface area contributed by atoms with Gasteiger partial charge in [0.15, 0.2) is 0 Å². The zero-order valence-electron chi connectivity index (χ0n) is 15.3. The molecule has 0 N–H and O–H groups in total. The van der Waals surface area contributed by atoms with E-state index >= 15 is 0 Å². The van der Waals surface area contributed by atoms with E-state index in [1.807, 2.05) is 24.3 Å². The summed E-state index contributed by atoms with van der Waals surface area (Å²) in [5.74, 6) is 2.11. The number of rotatable bonds is 6. The van der Waals surface area contributed by atoms with Crippen molar-refractivity contribution < 1.29 is 14.0 Å². The Hall–Kier alpha value is -1.96. The number of hydrogen-bond acceptors (Lipinski definition) is 7. The quantitative estimate of drug-likeness (QED) is 0.783. The fraction of sp³-hybridized carbons (Fsp3) is 0.579. The number of nitrogens with zero attached hydrogens (tertiary/aromatic N) is 4. The van der Waals surface area contributed by atoms with Crippen LogP contribution in [0.5, 0.6) is 5.75 Å². The van der Waals surface area contributed by atoms with Crippen LogP contribution in [0.25, 0.3) is 11.4 Å². The summed E-state index contributed by atoms with van der Waals surface area (Å²) < 4.78 is 16.4. The smallest absolute Gasteiger partial charge is 0.241 e. The van der Waals surface area contributed by atoms with Crippen LogP contribution in [0.15, 0.2) is 28.8 Å². The zero-order valence-corrected chi connectivity index (χ0v) is 15.3. The number of aromatic nitrogens is 2. The lowest BCUT2D eigenvalue weighted by Gasteiger charge is -2.34. The molecule has 0 spiro atoms. The molecular formula is C19H26N4O3. The van der Waals surface area contributed by atoms with Crippen LogP contribution in [0.1, 0.15) is 18.7 Å². The summed E-state index contributed by atoms with van der Waals surface area (Å²) in [5, 5.41) is 4.11. The SMILES string of the molecule is COc1ccc(-c2noc(CN3CCN(C[C@H]4CCCO4)CC3)n2)cc1. The zero-order chi connectivity index (χ0) is 17.8. The molecule has 2 aliphatic rings. The first-order valence-corrected chi connectivity index (χ1v) is 9.33. The van der Waals surface area contributed by atoms with Gasteiger partial charge >= 0.3 is 0 Å². The molecule has 0 unspecified atom stereocenters. The lowest BCUT2D eigenvalue weighted by Crippen LogP contribution is -2.48. The Morgan fingerprint density at radius 3 is 2.58 bits per heavy atom. The van der Waals surface area contributed by atoms with Gasteiger partial charge < -0.3 is 14.0 Å². The van der Waals surface area contributed by atoms with E-state index < -0.39 is 0 Å². The molecule has 2 fully saturated rings. The Balaban J connectivity index is 1.27. The summed E-state index contributed by atoms with van der Waals surface area (Å²) in [6.45, 7) is 6.88. The van der Waals surface area contributed by atoms with Crippen LogP contribution >= 0.6 is 0 Å². The van der Waals surface area contributed by atoms with Gasteiger partial charge in [0.2, 0.25) is 11.7 Å². The van der Waals surface area contributed by atoms with Crippen LogP contribution in [-0.2, 0) is 11.3 Å². The standard InChI is InChI=1S/C19H26N4O3/c1-24-16-6-4-15(5-7-16)19-20-18(26-21-19)14-23-10-8-22(9-11-23)13-17-3-2-12-25-17/h4-7,17H,2-3,8-14H2,1H3/t17-/m1/s1. The third kappa shape index (κ3) is 4.23. The Morgan fingerprint density at radius 1 is 1.12 bits per heavy atom. The summed E-state index contributed by atoms with van der Waals surface area (Å²) in [6, 6.07) is 7.69. The highest BCUT2D eigenvalue weighted by atomic mass is 16.5. The van der Waals surface area contributed by atoms with Gasteiger partial charge in [0.1, 0.15) is 5.75 Å². The highest BCUT2D eigenvalue weighted by Crippen LogP contribution is 2.20. The van der Waals surface area contributed by atoms with Crippen LogP contribution in [-0.4, -0.2) is 72.5 Å². The van der Waals surface area contributed by atoms with Crippen LogP contribution in [0.3, 0.4) is 0 Å². The van der Waals surface area contributed by atoms with E-state index in [0.717, 1.165) is 50.6 Å². The molecule has 2 aromatic rings. The van der Waals surface area contributed by atoms with Gasteiger partial charge in [0.05, 0.1) is 19.8 Å². The molecule has 0 amide bonds. The van der Waals surface area contributed by atoms with Gasteiger partial charge in [-0.1, -0.05) is 5.16 Å². The minimum atomic E-state index is 0.435. The molecule has 0 aliphatic carbocycles. The van der Waals surface area contributed by atoms with Crippen molar-refractivity contribution in [2.24, 2.45) is 0 Å². The normalized spacial score (nSPS) is 22.0. The van der Waals surface area contributed by atoms with Crippen molar-refractivity contribution in [3.63, 3.8) is 0 Å². The second kappa shape index (κ2) is 8.16. The van der Waals surface area contributed by atoms with Gasteiger partial charge in [-0.05, 0) is 37.1 Å². The summed E-state index contributed by atoms with van der Waals surface area (Å²) >= 11 is 0. The molecule has 7 nitrogen and oxygen atoms in total. The molecular weight excluding hydrogens is 332 g/mol. The van der Waals surface area contributed by atoms with Crippen LogP contribution in [0.4, 0.5) is 0 Å². The molecule has 2 saturated heterocycles. The van der Waals surface area contributed by atoms with Crippen LogP contribution < -0.4 is 4.74 Å². The average molecular weight is 358 g/mol. The fourth-order valence-electron chi connectivity index (χ4n) is 3.57. The Morgan fingerprint density at radius 2 is 1.88 bits per heavy atom. The average Bonchev–Trinajstić information content (AvgIpc) is 3.36. The summed E-state index contributed by atoms with van der Waals surface area (Å²) in [6.07, 6.45) is 2.85. The Labute approximate surface area is 153 Å². The van der Waals surface area contributed by atoms with E-state index in [1.165, 1.54) is 12.8 Å². The minimum absolute atomic E-state index is 0.435. The first-order valence-electron chi connectivity index (χ1n) is 9.33. The third-order valence-electron chi connectivity index (χ3n) is 5.13. The first-order chi connectivity index (χ1) is 12.8. The van der Waals surface area contributed by atoms with E-state index in [1.54, 1.807) is 7.11 Å². The molecule has 7 heteroatoms. The van der Waals surface area contributed by atoms with Crippen molar-refractivity contribution in [1.29, 1.82) is 0 Å². The van der Waals surface area contributed by atoms with Gasteiger partial charge in [0.25, 0.3) is 0 Å². The van der Waals surface area contributed by atoms with E-state index in [0.29, 0.717) is 24.4 Å². The number of benzene rings is 1. The molecule has 4 rings (SSSR count). The largest absolute Gasteiger partial charge is 0.497 e. The number of ether oxygens (including phenoxy) is 2. The molecule has 26 heavy (non-hydrogen) atoms. The van der Waals surface area contributed by atoms with Gasteiger partial charge in [-0.2, -0.15) is 4.98 Å². The van der Waals surface area contributed by atoms with Crippen molar-refractivity contribution in [3.05, 3.63) is 30.2 Å². The molecule has 140 valence electrons. The van der Waals surface area contributed by atoms with E-state index in [-0.39, 0.29) is 0 Å². The lowest BCUT2D eigenvalue weighted by atomic mass is 10.2. The van der Waals surface area contributed by atoms with Gasteiger partial charge in [-0.15, -0.1) is 0 Å². The summed E-state index contributed by atoms with van der Waals surface area (Å²) in [4.78, 5) is 9.41. The van der Waals surface area contributed by atoms with Crippen molar-refractivity contribution in [2.45, 2.75) is 25.5 Å². The molecule has 0 bridgehead atoms. The highest BCUT2D eigenvalue weighted by molar-refractivity contribution is 5.55. The van der Waals surface area contributed by atoms with E-state index in [4.69, 9.17) is 14.0 Å². The maximum atomic E-state index is 5.74. The van der Waals surface area contributed by atoms with Gasteiger partial charge in [-0.3, -0.25) is 9.80 Å². The molecule has 1 aromatic carbocycles. The second-order valence-electron chi connectivity index (χ2n) is 6.95. The molecule has 1 aromatic heterocycles. The molecule has 1 atom stereocenters. The molecule has 3 heterocycles. The maximum Gasteiger partial charge on any atom is 0.241 e. The summed E-state index contributed by atoms with van der Waals surface area (Å²) in [5.41, 5.74) is 0.933. The third-order valence-corrected chi connectivity index (χ3v) is 5.13. The van der Waals surface area contributed by atoms with Crippen LogP contribution in [0, 0.1) is 0 Å². The number of hydrogen-bond donors (Lipinski definition) is 0. The van der Waals surface area contributed by atoms with Crippen molar-refractivity contribution in [2.75, 3.05) is 46.4 Å². The molecule has 0 saturated carbocycles. The topological polar surface area (TPSA) is 63.9 Å². The Bertz CT molecular complexity index is 689. The van der Waals surface area contributed by atoms with Crippen molar-refractivity contribution >= 4 is 0 Å². The maximum absolute atomic E-state index is 5.74. The summed E-state index contributed by atoms with van der Waals surface area (Å²) in [7, 11) is 1.65. The Kier molecular flexibility index (Phi) is 5.48. The highest BCUT2D eigenvalue weighted by Gasteiger charge is 2.23. The minimum Gasteiger partial charge on any atom is -0.497 e.